The third kappa shape index (κ3) is 4.40. The lowest BCUT2D eigenvalue weighted by Gasteiger charge is -2.24. The molecule has 1 amide bonds. The third-order valence-corrected chi connectivity index (χ3v) is 4.42. The van der Waals surface area contributed by atoms with E-state index >= 15 is 0 Å². The molecular formula is C13H17NO3S2. The number of rotatable bonds is 6. The van der Waals surface area contributed by atoms with E-state index in [1.807, 2.05) is 13.2 Å². The Morgan fingerprint density at radius 1 is 1.58 bits per heavy atom. The molecule has 104 valence electrons. The average Bonchev–Trinajstić information content (AvgIpc) is 2.83. The number of hydrogen-bond acceptors (Lipinski definition) is 4. The number of nitrogens with zero attached hydrogens (tertiary/aromatic N) is 1. The summed E-state index contributed by atoms with van der Waals surface area (Å²) in [7, 11) is 1.77. The minimum Gasteiger partial charge on any atom is -0.478 e. The molecule has 1 heterocycles. The predicted octanol–water partition coefficient (Wildman–Crippen LogP) is 2.67. The average molecular weight is 299 g/mol. The van der Waals surface area contributed by atoms with E-state index in [4.69, 9.17) is 5.11 Å². The normalized spacial score (nSPS) is 12.6. The van der Waals surface area contributed by atoms with Crippen LogP contribution in [0.1, 0.15) is 22.2 Å². The second-order valence-electron chi connectivity index (χ2n) is 4.10. The quantitative estimate of drug-likeness (QED) is 0.821. The summed E-state index contributed by atoms with van der Waals surface area (Å²) in [5.41, 5.74) is 0.653. The van der Waals surface area contributed by atoms with E-state index in [9.17, 15) is 9.59 Å². The van der Waals surface area contributed by atoms with Crippen LogP contribution in [0, 0.1) is 0 Å². The molecule has 0 saturated heterocycles. The van der Waals surface area contributed by atoms with Gasteiger partial charge in [0.2, 0.25) is 0 Å². The topological polar surface area (TPSA) is 57.6 Å². The molecule has 0 fully saturated rings. The van der Waals surface area contributed by atoms with Gasteiger partial charge in [0.15, 0.2) is 0 Å². The number of amides is 1. The van der Waals surface area contributed by atoms with Gasteiger partial charge in [-0.05, 0) is 36.3 Å². The van der Waals surface area contributed by atoms with Crippen LogP contribution < -0.4 is 0 Å². The molecule has 1 aromatic heterocycles. The van der Waals surface area contributed by atoms with Crippen LogP contribution in [0.25, 0.3) is 6.08 Å². The summed E-state index contributed by atoms with van der Waals surface area (Å²) >= 11 is 3.02. The van der Waals surface area contributed by atoms with Crippen LogP contribution in [-0.2, 0) is 4.79 Å². The lowest BCUT2D eigenvalue weighted by molar-refractivity contribution is -0.131. The molecule has 1 atom stereocenters. The van der Waals surface area contributed by atoms with Crippen molar-refractivity contribution in [2.45, 2.75) is 13.0 Å². The van der Waals surface area contributed by atoms with Crippen LogP contribution >= 0.6 is 23.1 Å². The van der Waals surface area contributed by atoms with Gasteiger partial charge in [0.05, 0.1) is 4.88 Å². The second-order valence-corrected chi connectivity index (χ2v) is 5.92. The molecule has 1 rings (SSSR count). The molecule has 0 aliphatic heterocycles. The fraction of sp³-hybridized carbons (Fsp3) is 0.385. The Morgan fingerprint density at radius 3 is 2.84 bits per heavy atom. The van der Waals surface area contributed by atoms with Gasteiger partial charge in [-0.1, -0.05) is 0 Å². The number of carbonyl (C=O) groups is 2. The van der Waals surface area contributed by atoms with Crippen LogP contribution in [0.15, 0.2) is 17.5 Å². The largest absolute Gasteiger partial charge is 0.478 e. The minimum atomic E-state index is -1.02. The van der Waals surface area contributed by atoms with Gasteiger partial charge < -0.3 is 10.0 Å². The van der Waals surface area contributed by atoms with Crippen molar-refractivity contribution < 1.29 is 14.7 Å². The van der Waals surface area contributed by atoms with Gasteiger partial charge in [0.25, 0.3) is 5.91 Å². The number of thiophene rings is 1. The van der Waals surface area contributed by atoms with Gasteiger partial charge >= 0.3 is 5.97 Å². The van der Waals surface area contributed by atoms with E-state index in [2.05, 4.69) is 0 Å². The highest BCUT2D eigenvalue weighted by atomic mass is 32.2. The SMILES string of the molecule is CSCC(C)N(C)C(=O)c1sccc1/C=C/C(=O)O. The molecule has 0 spiro atoms. The Hall–Kier alpha value is -1.27. The van der Waals surface area contributed by atoms with Crippen LogP contribution in [0.3, 0.4) is 0 Å². The molecule has 1 aromatic rings. The first kappa shape index (κ1) is 15.8. The third-order valence-electron chi connectivity index (χ3n) is 2.68. The Labute approximate surface area is 121 Å². The van der Waals surface area contributed by atoms with Crippen molar-refractivity contribution in [1.29, 1.82) is 0 Å². The fourth-order valence-electron chi connectivity index (χ4n) is 1.50. The molecule has 0 aliphatic carbocycles. The molecule has 0 bridgehead atoms. The van der Waals surface area contributed by atoms with Gasteiger partial charge in [-0.3, -0.25) is 4.79 Å². The van der Waals surface area contributed by atoms with E-state index in [0.717, 1.165) is 11.8 Å². The van der Waals surface area contributed by atoms with Crippen LogP contribution in [0.2, 0.25) is 0 Å². The van der Waals surface area contributed by atoms with Gasteiger partial charge in [-0.2, -0.15) is 11.8 Å². The number of thioether (sulfide) groups is 1. The maximum atomic E-state index is 12.3. The molecule has 0 saturated carbocycles. The fourth-order valence-corrected chi connectivity index (χ4v) is 3.07. The molecule has 0 radical (unpaired) electrons. The highest BCUT2D eigenvalue weighted by Gasteiger charge is 2.20. The van der Waals surface area contributed by atoms with E-state index in [1.54, 1.807) is 35.2 Å². The van der Waals surface area contributed by atoms with E-state index < -0.39 is 5.97 Å². The Balaban J connectivity index is 2.88. The molecule has 0 aliphatic rings. The van der Waals surface area contributed by atoms with Crippen molar-refractivity contribution in [3.63, 3.8) is 0 Å². The van der Waals surface area contributed by atoms with Crippen LogP contribution in [0.5, 0.6) is 0 Å². The lowest BCUT2D eigenvalue weighted by atomic mass is 10.2. The molecule has 0 aromatic carbocycles. The zero-order valence-corrected chi connectivity index (χ0v) is 12.8. The maximum absolute atomic E-state index is 12.3. The molecule has 19 heavy (non-hydrogen) atoms. The first-order valence-corrected chi connectivity index (χ1v) is 7.99. The highest BCUT2D eigenvalue weighted by molar-refractivity contribution is 7.98. The van der Waals surface area contributed by atoms with Gasteiger partial charge in [-0.15, -0.1) is 11.3 Å². The summed E-state index contributed by atoms with van der Waals surface area (Å²) in [6.45, 7) is 1.99. The first-order chi connectivity index (χ1) is 8.97. The molecule has 6 heteroatoms. The lowest BCUT2D eigenvalue weighted by Crippen LogP contribution is -2.36. The number of aliphatic carboxylic acids is 1. The Morgan fingerprint density at radius 2 is 2.26 bits per heavy atom. The summed E-state index contributed by atoms with van der Waals surface area (Å²) in [5.74, 6) is -0.219. The molecule has 4 nitrogen and oxygen atoms in total. The highest BCUT2D eigenvalue weighted by Crippen LogP contribution is 2.21. The van der Waals surface area contributed by atoms with Gasteiger partial charge in [0.1, 0.15) is 0 Å². The summed E-state index contributed by atoms with van der Waals surface area (Å²) in [5, 5.41) is 10.4. The Bertz CT molecular complexity index is 482. The van der Waals surface area contributed by atoms with Crippen molar-refractivity contribution in [2.75, 3.05) is 19.1 Å². The van der Waals surface area contributed by atoms with Gasteiger partial charge in [0, 0.05) is 24.9 Å². The number of carboxylic acids is 1. The number of carbonyl (C=O) groups excluding carboxylic acids is 1. The van der Waals surface area contributed by atoms with Crippen molar-refractivity contribution in [2.24, 2.45) is 0 Å². The zero-order valence-electron chi connectivity index (χ0n) is 11.1. The van der Waals surface area contributed by atoms with Crippen LogP contribution in [0.4, 0.5) is 0 Å². The Kier molecular flexibility index (Phi) is 6.11. The predicted molar refractivity (Wildman–Crippen MR) is 80.9 cm³/mol. The monoisotopic (exact) mass is 299 g/mol. The standard InChI is InChI=1S/C13H17NO3S2/c1-9(8-18-3)14(2)13(17)12-10(6-7-19-12)4-5-11(15)16/h4-7,9H,8H2,1-3H3,(H,15,16)/b5-4+. The van der Waals surface area contributed by atoms with Crippen molar-refractivity contribution in [3.8, 4) is 0 Å². The van der Waals surface area contributed by atoms with E-state index in [-0.39, 0.29) is 11.9 Å². The zero-order chi connectivity index (χ0) is 14.4. The first-order valence-electron chi connectivity index (χ1n) is 5.72. The summed E-state index contributed by atoms with van der Waals surface area (Å²) in [6, 6.07) is 1.89. The molecule has 1 N–H and O–H groups in total. The summed E-state index contributed by atoms with van der Waals surface area (Å²) in [4.78, 5) is 25.1. The van der Waals surface area contributed by atoms with Crippen molar-refractivity contribution in [1.82, 2.24) is 4.90 Å². The summed E-state index contributed by atoms with van der Waals surface area (Å²) < 4.78 is 0. The van der Waals surface area contributed by atoms with E-state index in [1.165, 1.54) is 17.4 Å². The van der Waals surface area contributed by atoms with E-state index in [0.29, 0.717) is 10.4 Å². The van der Waals surface area contributed by atoms with Crippen molar-refractivity contribution >= 4 is 41.1 Å². The molecule has 1 unspecified atom stereocenters. The molecular weight excluding hydrogens is 282 g/mol. The van der Waals surface area contributed by atoms with Gasteiger partial charge in [-0.25, -0.2) is 4.79 Å². The smallest absolute Gasteiger partial charge is 0.328 e. The number of hydrogen-bond donors (Lipinski definition) is 1. The minimum absolute atomic E-state index is 0.0680. The number of carboxylic acid groups (broad SMARTS) is 1. The van der Waals surface area contributed by atoms with Crippen molar-refractivity contribution in [3.05, 3.63) is 28.0 Å². The second kappa shape index (κ2) is 7.35. The summed E-state index contributed by atoms with van der Waals surface area (Å²) in [6.07, 6.45) is 4.50. The van der Waals surface area contributed by atoms with Crippen LogP contribution in [-0.4, -0.2) is 47.0 Å². The maximum Gasteiger partial charge on any atom is 0.328 e.